The molecule has 0 saturated heterocycles. The first-order valence-corrected chi connectivity index (χ1v) is 7.75. The molecule has 0 aromatic carbocycles. The lowest BCUT2D eigenvalue weighted by atomic mass is 10.1. The van der Waals surface area contributed by atoms with E-state index in [0.717, 1.165) is 12.8 Å². The molecule has 1 heteroatoms. The minimum atomic E-state index is 0.608. The van der Waals surface area contributed by atoms with Gasteiger partial charge in [0.1, 0.15) is 0 Å². The Hall–Kier alpha value is -1.11. The van der Waals surface area contributed by atoms with Gasteiger partial charge in [-0.25, -0.2) is 0 Å². The summed E-state index contributed by atoms with van der Waals surface area (Å²) in [6, 6.07) is 0. The van der Waals surface area contributed by atoms with Gasteiger partial charge in [-0.2, -0.15) is 0 Å². The number of hydrogen-bond donors (Lipinski definition) is 0. The zero-order valence-electron chi connectivity index (χ0n) is 12.4. The zero-order chi connectivity index (χ0) is 14.0. The van der Waals surface area contributed by atoms with Gasteiger partial charge in [0.25, 0.3) is 0 Å². The first kappa shape index (κ1) is 17.9. The molecule has 1 radical (unpaired) electrons. The summed E-state index contributed by atoms with van der Waals surface area (Å²) >= 11 is 0. The molecule has 19 heavy (non-hydrogen) atoms. The van der Waals surface area contributed by atoms with Crippen molar-refractivity contribution in [2.75, 3.05) is 0 Å². The minimum absolute atomic E-state index is 0.608. The molecular formula is C18H29O. The molecule has 0 amide bonds. The van der Waals surface area contributed by atoms with E-state index in [1.807, 2.05) is 6.29 Å². The Morgan fingerprint density at radius 1 is 0.737 bits per heavy atom. The molecule has 0 bridgehead atoms. The first-order valence-electron chi connectivity index (χ1n) is 7.75. The van der Waals surface area contributed by atoms with Crippen molar-refractivity contribution in [3.05, 3.63) is 36.5 Å². The van der Waals surface area contributed by atoms with Gasteiger partial charge in [-0.1, -0.05) is 75.5 Å². The Morgan fingerprint density at radius 2 is 1.32 bits per heavy atom. The summed E-state index contributed by atoms with van der Waals surface area (Å²) in [6.07, 6.45) is 26.3. The van der Waals surface area contributed by atoms with E-state index in [4.69, 9.17) is 0 Å². The van der Waals surface area contributed by atoms with Gasteiger partial charge >= 0.3 is 0 Å². The van der Waals surface area contributed by atoms with Crippen molar-refractivity contribution in [2.24, 2.45) is 0 Å². The molecule has 0 aliphatic heterocycles. The van der Waals surface area contributed by atoms with Crippen LogP contribution in [0.1, 0.15) is 71.1 Å². The van der Waals surface area contributed by atoms with Crippen LogP contribution in [0.4, 0.5) is 0 Å². The van der Waals surface area contributed by atoms with Gasteiger partial charge in [-0.3, -0.25) is 4.79 Å². The summed E-state index contributed by atoms with van der Waals surface area (Å²) in [6.45, 7) is 2.22. The van der Waals surface area contributed by atoms with Crippen LogP contribution in [0.2, 0.25) is 0 Å². The maximum absolute atomic E-state index is 9.99. The van der Waals surface area contributed by atoms with Gasteiger partial charge in [-0.05, 0) is 25.7 Å². The quantitative estimate of drug-likeness (QED) is 0.307. The third kappa shape index (κ3) is 16.9. The lowest BCUT2D eigenvalue weighted by Crippen LogP contribution is -1.79. The standard InChI is InChI=1S/C18H29O/c1-2-3-4-5-6-7-8-9-10-11-12-13-14-15-16-17-18-19/h5-10H,2-4,11-17H2,1H3. The van der Waals surface area contributed by atoms with Crippen molar-refractivity contribution in [3.63, 3.8) is 0 Å². The van der Waals surface area contributed by atoms with E-state index in [1.165, 1.54) is 44.9 Å². The highest BCUT2D eigenvalue weighted by Crippen LogP contribution is 2.06. The van der Waals surface area contributed by atoms with Gasteiger partial charge in [0.05, 0.1) is 0 Å². The predicted molar refractivity (Wildman–Crippen MR) is 85.0 cm³/mol. The molecule has 0 aromatic rings. The molecule has 0 aliphatic carbocycles. The molecule has 0 unspecified atom stereocenters. The average molecular weight is 261 g/mol. The Balaban J connectivity index is 3.26. The molecule has 0 saturated carbocycles. The van der Waals surface area contributed by atoms with Crippen molar-refractivity contribution in [2.45, 2.75) is 71.1 Å². The van der Waals surface area contributed by atoms with Crippen LogP contribution in [0, 0.1) is 0 Å². The molecule has 0 fully saturated rings. The normalized spacial score (nSPS) is 12.1. The number of carbonyl (C=O) groups excluding carboxylic acids is 1. The van der Waals surface area contributed by atoms with Crippen LogP contribution in [0.15, 0.2) is 36.5 Å². The number of allylic oxidation sites excluding steroid dienone is 6. The molecule has 1 nitrogen and oxygen atoms in total. The third-order valence-corrected chi connectivity index (χ3v) is 2.98. The van der Waals surface area contributed by atoms with Crippen LogP contribution < -0.4 is 0 Å². The van der Waals surface area contributed by atoms with Crippen LogP contribution in [-0.2, 0) is 4.79 Å². The molecule has 0 spiro atoms. The summed E-state index contributed by atoms with van der Waals surface area (Å²) in [4.78, 5) is 9.99. The summed E-state index contributed by atoms with van der Waals surface area (Å²) in [7, 11) is 0. The predicted octanol–water partition coefficient (Wildman–Crippen LogP) is 5.69. The Morgan fingerprint density at radius 3 is 1.95 bits per heavy atom. The molecule has 0 rings (SSSR count). The molecule has 107 valence electrons. The number of rotatable bonds is 13. The Kier molecular flexibility index (Phi) is 15.9. The molecule has 0 N–H and O–H groups in total. The largest absolute Gasteiger partial charge is 0.291 e. The van der Waals surface area contributed by atoms with Gasteiger partial charge in [-0.15, -0.1) is 0 Å². The fourth-order valence-electron chi connectivity index (χ4n) is 1.79. The molecular weight excluding hydrogens is 232 g/mol. The van der Waals surface area contributed by atoms with Gasteiger partial charge in [0.2, 0.25) is 0 Å². The topological polar surface area (TPSA) is 17.1 Å². The van der Waals surface area contributed by atoms with E-state index in [1.54, 1.807) is 0 Å². The van der Waals surface area contributed by atoms with Gasteiger partial charge in [0, 0.05) is 6.42 Å². The van der Waals surface area contributed by atoms with Crippen LogP contribution in [0.5, 0.6) is 0 Å². The summed E-state index contributed by atoms with van der Waals surface area (Å²) in [5.41, 5.74) is 0. The fourth-order valence-corrected chi connectivity index (χ4v) is 1.79. The number of unbranched alkanes of at least 4 members (excludes halogenated alkanes) is 8. The number of hydrogen-bond acceptors (Lipinski definition) is 1. The average Bonchev–Trinajstić information content (AvgIpc) is 2.43. The summed E-state index contributed by atoms with van der Waals surface area (Å²) in [5.74, 6) is 0. The highest BCUT2D eigenvalue weighted by molar-refractivity contribution is 5.50. The molecule has 0 aromatic heterocycles. The fraction of sp³-hybridized carbons (Fsp3) is 0.611. The van der Waals surface area contributed by atoms with E-state index in [0.29, 0.717) is 6.42 Å². The van der Waals surface area contributed by atoms with Crippen molar-refractivity contribution in [3.8, 4) is 0 Å². The van der Waals surface area contributed by atoms with Crippen molar-refractivity contribution in [1.82, 2.24) is 0 Å². The van der Waals surface area contributed by atoms with Crippen LogP contribution in [-0.4, -0.2) is 6.29 Å². The SMILES string of the molecule is CCCCC=CC=CC=CCCCCCCC[C]=O. The molecule has 0 heterocycles. The molecule has 0 aliphatic rings. The zero-order valence-corrected chi connectivity index (χ0v) is 12.4. The van der Waals surface area contributed by atoms with Gasteiger partial charge < -0.3 is 0 Å². The lowest BCUT2D eigenvalue weighted by molar-refractivity contribution is 0.542. The second kappa shape index (κ2) is 16.9. The Labute approximate surface area is 119 Å². The molecule has 0 atom stereocenters. The Bertz CT molecular complexity index is 261. The van der Waals surface area contributed by atoms with E-state index >= 15 is 0 Å². The van der Waals surface area contributed by atoms with Crippen molar-refractivity contribution in [1.29, 1.82) is 0 Å². The highest BCUT2D eigenvalue weighted by atomic mass is 16.1. The summed E-state index contributed by atoms with van der Waals surface area (Å²) in [5, 5.41) is 0. The van der Waals surface area contributed by atoms with E-state index in [2.05, 4.69) is 43.4 Å². The highest BCUT2D eigenvalue weighted by Gasteiger charge is 1.89. The maximum Gasteiger partial charge on any atom is 0.198 e. The third-order valence-electron chi connectivity index (χ3n) is 2.98. The summed E-state index contributed by atoms with van der Waals surface area (Å²) < 4.78 is 0. The van der Waals surface area contributed by atoms with E-state index in [-0.39, 0.29) is 0 Å². The van der Waals surface area contributed by atoms with Crippen molar-refractivity contribution >= 4 is 6.29 Å². The van der Waals surface area contributed by atoms with E-state index < -0.39 is 0 Å². The van der Waals surface area contributed by atoms with Crippen LogP contribution in [0.25, 0.3) is 0 Å². The monoisotopic (exact) mass is 261 g/mol. The van der Waals surface area contributed by atoms with Gasteiger partial charge in [0.15, 0.2) is 6.29 Å². The van der Waals surface area contributed by atoms with Crippen LogP contribution >= 0.6 is 0 Å². The van der Waals surface area contributed by atoms with Crippen LogP contribution in [0.3, 0.4) is 0 Å². The maximum atomic E-state index is 9.99. The van der Waals surface area contributed by atoms with E-state index in [9.17, 15) is 4.79 Å². The lowest BCUT2D eigenvalue weighted by Gasteiger charge is -1.96. The first-order chi connectivity index (χ1) is 9.41. The smallest absolute Gasteiger partial charge is 0.198 e. The minimum Gasteiger partial charge on any atom is -0.291 e. The van der Waals surface area contributed by atoms with Crippen molar-refractivity contribution < 1.29 is 4.79 Å². The second-order valence-electron chi connectivity index (χ2n) is 4.83. The second-order valence-corrected chi connectivity index (χ2v) is 4.83.